The second-order valence-electron chi connectivity index (χ2n) is 9.27. The Bertz CT molecular complexity index is 1360. The molecule has 3 heterocycles. The van der Waals surface area contributed by atoms with Crippen molar-refractivity contribution < 1.29 is 27.5 Å². The van der Waals surface area contributed by atoms with Gasteiger partial charge in [-0.1, -0.05) is 60.7 Å². The van der Waals surface area contributed by atoms with Crippen LogP contribution in [0.5, 0.6) is 5.75 Å². The Morgan fingerprint density at radius 2 is 1.60 bits per heavy atom. The summed E-state index contributed by atoms with van der Waals surface area (Å²) in [7, 11) is 1.52. The van der Waals surface area contributed by atoms with Gasteiger partial charge in [-0.05, 0) is 23.8 Å². The highest BCUT2D eigenvalue weighted by Gasteiger charge is 2.78. The van der Waals surface area contributed by atoms with E-state index in [1.54, 1.807) is 78.9 Å². The Balaban J connectivity index is 1.73. The van der Waals surface area contributed by atoms with Crippen molar-refractivity contribution >= 4 is 17.4 Å². The average molecular weight is 478 g/mol. The van der Waals surface area contributed by atoms with Crippen LogP contribution in [0, 0.1) is 5.41 Å². The van der Waals surface area contributed by atoms with Gasteiger partial charge in [0.1, 0.15) is 29.4 Å². The molecule has 3 aromatic carbocycles. The molecule has 3 aromatic rings. The highest BCUT2D eigenvalue weighted by Crippen LogP contribution is 2.65. The number of ether oxygens (including phenoxy) is 1. The third kappa shape index (κ3) is 2.63. The summed E-state index contributed by atoms with van der Waals surface area (Å²) < 4.78 is 50.3. The minimum absolute atomic E-state index is 0.170. The molecular weight excluding hydrogens is 457 g/mol. The number of hydrogen-bond acceptors (Lipinski definition) is 4. The number of ketones is 1. The van der Waals surface area contributed by atoms with Gasteiger partial charge in [0, 0.05) is 24.2 Å². The molecule has 0 bridgehead atoms. The van der Waals surface area contributed by atoms with Crippen molar-refractivity contribution in [2.24, 2.45) is 5.41 Å². The molecule has 1 N–H and O–H groups in total. The van der Waals surface area contributed by atoms with Crippen LogP contribution in [0.2, 0.25) is 0 Å². The number of halogens is 3. The molecule has 0 aliphatic carbocycles. The second-order valence-corrected chi connectivity index (χ2v) is 9.27. The van der Waals surface area contributed by atoms with Crippen molar-refractivity contribution in [3.05, 3.63) is 95.6 Å². The maximum absolute atomic E-state index is 14.8. The molecule has 1 fully saturated rings. The summed E-state index contributed by atoms with van der Waals surface area (Å²) in [6, 6.07) is 19.2. The first kappa shape index (κ1) is 21.9. The lowest BCUT2D eigenvalue weighted by Crippen LogP contribution is -2.63. The standard InChI is InChI=1S/C27H21F3N2O3/c1-32-19-13-7-6-12-18(19)26(24(32)34)25(15-35-20-14-8-5-11-17(20)23(25)33)21(16-9-3-2-4-10-16)22(31-26)27(28,29)30/h2-14,21-22,31H,15H2,1H3/t21-,22+,25-,26-/m1/s1. The number of carbonyl (C=O) groups excluding carboxylic acids is 2. The number of likely N-dealkylation sites (N-methyl/N-ethyl adjacent to an activating group) is 1. The Morgan fingerprint density at radius 3 is 2.34 bits per heavy atom. The molecule has 35 heavy (non-hydrogen) atoms. The minimum Gasteiger partial charge on any atom is -0.492 e. The maximum Gasteiger partial charge on any atom is 0.404 e. The van der Waals surface area contributed by atoms with Gasteiger partial charge < -0.3 is 9.64 Å². The van der Waals surface area contributed by atoms with E-state index < -0.39 is 40.8 Å². The number of benzene rings is 3. The molecule has 0 saturated carbocycles. The summed E-state index contributed by atoms with van der Waals surface area (Å²) in [6.07, 6.45) is -4.75. The van der Waals surface area contributed by atoms with E-state index in [0.717, 1.165) is 0 Å². The number of nitrogens with one attached hydrogen (secondary N) is 1. The zero-order valence-corrected chi connectivity index (χ0v) is 18.7. The molecular formula is C27H21F3N2O3. The summed E-state index contributed by atoms with van der Waals surface area (Å²) in [5, 5.41) is 2.70. The molecule has 0 aromatic heterocycles. The van der Waals surface area contributed by atoms with E-state index in [4.69, 9.17) is 4.74 Å². The van der Waals surface area contributed by atoms with Gasteiger partial charge in [-0.25, -0.2) is 0 Å². The number of anilines is 1. The molecule has 3 aliphatic rings. The van der Waals surface area contributed by atoms with Crippen LogP contribution in [0.15, 0.2) is 78.9 Å². The largest absolute Gasteiger partial charge is 0.492 e. The molecule has 8 heteroatoms. The van der Waals surface area contributed by atoms with Gasteiger partial charge in [0.25, 0.3) is 5.91 Å². The summed E-state index contributed by atoms with van der Waals surface area (Å²) in [5.74, 6) is -2.26. The van der Waals surface area contributed by atoms with Crippen molar-refractivity contribution in [2.45, 2.75) is 23.7 Å². The topological polar surface area (TPSA) is 58.6 Å². The number of rotatable bonds is 1. The van der Waals surface area contributed by atoms with Gasteiger partial charge in [0.2, 0.25) is 0 Å². The zero-order valence-electron chi connectivity index (χ0n) is 18.7. The lowest BCUT2D eigenvalue weighted by Gasteiger charge is -2.46. The van der Waals surface area contributed by atoms with Gasteiger partial charge in [-0.2, -0.15) is 13.2 Å². The number of Topliss-reactive ketones (excluding diaryl/α,β-unsaturated/α-hetero) is 1. The van der Waals surface area contributed by atoms with E-state index in [-0.39, 0.29) is 12.2 Å². The summed E-state index contributed by atoms with van der Waals surface area (Å²) in [6.45, 7) is -0.379. The summed E-state index contributed by atoms with van der Waals surface area (Å²) >= 11 is 0. The maximum atomic E-state index is 14.8. The van der Waals surface area contributed by atoms with Crippen LogP contribution < -0.4 is 15.0 Å². The van der Waals surface area contributed by atoms with E-state index in [2.05, 4.69) is 5.32 Å². The van der Waals surface area contributed by atoms with Gasteiger partial charge in [0.15, 0.2) is 5.78 Å². The van der Waals surface area contributed by atoms with Crippen LogP contribution in [0.4, 0.5) is 18.9 Å². The Hall–Kier alpha value is -3.65. The molecule has 2 spiro atoms. The highest BCUT2D eigenvalue weighted by atomic mass is 19.4. The first-order chi connectivity index (χ1) is 16.7. The van der Waals surface area contributed by atoms with Gasteiger partial charge >= 0.3 is 6.18 Å². The lowest BCUT2D eigenvalue weighted by atomic mass is 9.56. The summed E-state index contributed by atoms with van der Waals surface area (Å²) in [4.78, 5) is 29.8. The van der Waals surface area contributed by atoms with E-state index in [9.17, 15) is 22.8 Å². The molecule has 6 rings (SSSR count). The Kier molecular flexibility index (Phi) is 4.48. The monoisotopic (exact) mass is 478 g/mol. The Labute approximate surface area is 199 Å². The number of fused-ring (bicyclic) bond motifs is 4. The number of carbonyl (C=O) groups is 2. The van der Waals surface area contributed by atoms with Crippen molar-refractivity contribution in [1.82, 2.24) is 5.32 Å². The van der Waals surface area contributed by atoms with Crippen molar-refractivity contribution in [3.8, 4) is 5.75 Å². The molecule has 1 saturated heterocycles. The van der Waals surface area contributed by atoms with Crippen LogP contribution in [0.25, 0.3) is 0 Å². The second kappa shape index (κ2) is 7.18. The fraction of sp³-hybridized carbons (Fsp3) is 0.259. The number of amides is 1. The highest BCUT2D eigenvalue weighted by molar-refractivity contribution is 6.16. The molecule has 0 radical (unpaired) electrons. The molecule has 0 unspecified atom stereocenters. The van der Waals surface area contributed by atoms with Crippen LogP contribution in [0.1, 0.15) is 27.4 Å². The smallest absolute Gasteiger partial charge is 0.404 e. The van der Waals surface area contributed by atoms with Crippen LogP contribution >= 0.6 is 0 Å². The quantitative estimate of drug-likeness (QED) is 0.562. The fourth-order valence-electron chi connectivity index (χ4n) is 6.29. The third-order valence-corrected chi connectivity index (χ3v) is 7.70. The third-order valence-electron chi connectivity index (χ3n) is 7.70. The number of hydrogen-bond donors (Lipinski definition) is 1. The zero-order chi connectivity index (χ0) is 24.6. The van der Waals surface area contributed by atoms with E-state index >= 15 is 0 Å². The number of alkyl halides is 3. The molecule has 178 valence electrons. The molecule has 1 amide bonds. The summed E-state index contributed by atoms with van der Waals surface area (Å²) in [5.41, 5.74) is -2.56. The van der Waals surface area contributed by atoms with Gasteiger partial charge in [-0.3, -0.25) is 14.9 Å². The molecule has 3 aliphatic heterocycles. The lowest BCUT2D eigenvalue weighted by molar-refractivity contribution is -0.158. The van der Waals surface area contributed by atoms with E-state index in [1.165, 1.54) is 11.9 Å². The predicted molar refractivity (Wildman–Crippen MR) is 122 cm³/mol. The van der Waals surface area contributed by atoms with Crippen LogP contribution in [-0.4, -0.2) is 37.6 Å². The van der Waals surface area contributed by atoms with E-state index in [1.807, 2.05) is 0 Å². The van der Waals surface area contributed by atoms with Crippen LogP contribution in [-0.2, 0) is 10.3 Å². The average Bonchev–Trinajstić information content (AvgIpc) is 3.29. The van der Waals surface area contributed by atoms with Crippen molar-refractivity contribution in [2.75, 3.05) is 18.6 Å². The SMILES string of the molecule is CN1C(=O)[C@]2(N[C@H](C(F)(F)F)[C@@H](c3ccccc3)[C@@]23COc2ccccc2C3=O)c2ccccc21. The van der Waals surface area contributed by atoms with Crippen molar-refractivity contribution in [1.29, 1.82) is 0 Å². The number of para-hydroxylation sites is 2. The first-order valence-electron chi connectivity index (χ1n) is 11.3. The predicted octanol–water partition coefficient (Wildman–Crippen LogP) is 4.44. The Morgan fingerprint density at radius 1 is 0.943 bits per heavy atom. The van der Waals surface area contributed by atoms with E-state index in [0.29, 0.717) is 22.6 Å². The minimum atomic E-state index is -4.75. The normalized spacial score (nSPS) is 29.4. The van der Waals surface area contributed by atoms with Gasteiger partial charge in [0.05, 0.1) is 5.56 Å². The molecule has 5 nitrogen and oxygen atoms in total. The van der Waals surface area contributed by atoms with Crippen LogP contribution in [0.3, 0.4) is 0 Å². The number of nitrogens with zero attached hydrogens (tertiary/aromatic N) is 1. The van der Waals surface area contributed by atoms with Crippen molar-refractivity contribution in [3.63, 3.8) is 0 Å². The molecule has 4 atom stereocenters. The fourth-order valence-corrected chi connectivity index (χ4v) is 6.29. The first-order valence-corrected chi connectivity index (χ1v) is 11.3. The van der Waals surface area contributed by atoms with Gasteiger partial charge in [-0.15, -0.1) is 0 Å².